The number of hydrogen-bond donors (Lipinski definition) is 3. The molecule has 0 aliphatic rings. The first-order chi connectivity index (χ1) is 8.88. The van der Waals surface area contributed by atoms with Crippen molar-refractivity contribution in [2.45, 2.75) is 6.54 Å². The Morgan fingerprint density at radius 2 is 1.94 bits per heavy atom. The molecule has 0 aliphatic heterocycles. The third kappa shape index (κ3) is 5.69. The molecule has 18 heavy (non-hydrogen) atoms. The van der Waals surface area contributed by atoms with E-state index in [9.17, 15) is 0 Å². The number of aliphatic hydroxyl groups excluding tert-OH is 1. The zero-order valence-electron chi connectivity index (χ0n) is 10.5. The summed E-state index contributed by atoms with van der Waals surface area (Å²) in [5.41, 5.74) is 1.09. The molecule has 0 aromatic heterocycles. The minimum atomic E-state index is 0.169. The Morgan fingerprint density at radius 1 is 1.17 bits per heavy atom. The van der Waals surface area contributed by atoms with Crippen molar-refractivity contribution in [1.82, 2.24) is 10.6 Å². The van der Waals surface area contributed by atoms with Crippen molar-refractivity contribution in [3.05, 3.63) is 29.8 Å². The van der Waals surface area contributed by atoms with Crippen molar-refractivity contribution in [1.29, 1.82) is 0 Å². The number of benzene rings is 1. The molecule has 0 heterocycles. The SMILES string of the molecule is C#CCOc1ccccc1CNCCNCCO. The molecule has 0 atom stereocenters. The van der Waals surface area contributed by atoms with Crippen LogP contribution in [0.3, 0.4) is 0 Å². The van der Waals surface area contributed by atoms with Crippen molar-refractivity contribution < 1.29 is 9.84 Å². The second-order valence-corrected chi connectivity index (χ2v) is 3.75. The number of rotatable bonds is 9. The molecule has 0 saturated heterocycles. The van der Waals surface area contributed by atoms with Crippen molar-refractivity contribution in [2.75, 3.05) is 32.8 Å². The second kappa shape index (κ2) is 9.49. The summed E-state index contributed by atoms with van der Waals surface area (Å²) in [7, 11) is 0. The zero-order valence-corrected chi connectivity index (χ0v) is 10.5. The first-order valence-corrected chi connectivity index (χ1v) is 6.05. The monoisotopic (exact) mass is 248 g/mol. The summed E-state index contributed by atoms with van der Waals surface area (Å²) in [5.74, 6) is 3.28. The topological polar surface area (TPSA) is 53.5 Å². The lowest BCUT2D eigenvalue weighted by Gasteiger charge is -2.10. The van der Waals surface area contributed by atoms with Gasteiger partial charge in [0.15, 0.2) is 0 Å². The minimum absolute atomic E-state index is 0.169. The first kappa shape index (κ1) is 14.5. The molecule has 1 aromatic rings. The summed E-state index contributed by atoms with van der Waals surface area (Å²) < 4.78 is 5.46. The number of nitrogens with one attached hydrogen (secondary N) is 2. The van der Waals surface area contributed by atoms with E-state index in [2.05, 4.69) is 16.6 Å². The molecule has 3 N–H and O–H groups in total. The molecule has 0 fully saturated rings. The number of para-hydroxylation sites is 1. The molecular weight excluding hydrogens is 228 g/mol. The van der Waals surface area contributed by atoms with Gasteiger partial charge in [0.1, 0.15) is 12.4 Å². The summed E-state index contributed by atoms with van der Waals surface area (Å²) in [6.07, 6.45) is 5.18. The van der Waals surface area contributed by atoms with Crippen molar-refractivity contribution >= 4 is 0 Å². The van der Waals surface area contributed by atoms with Gasteiger partial charge in [-0.3, -0.25) is 0 Å². The van der Waals surface area contributed by atoms with Crippen molar-refractivity contribution in [3.8, 4) is 18.1 Å². The highest BCUT2D eigenvalue weighted by Crippen LogP contribution is 2.17. The lowest BCUT2D eigenvalue weighted by molar-refractivity contribution is 0.292. The molecule has 98 valence electrons. The van der Waals surface area contributed by atoms with Gasteiger partial charge in [-0.1, -0.05) is 24.1 Å². The normalized spacial score (nSPS) is 10.0. The second-order valence-electron chi connectivity index (χ2n) is 3.75. The Morgan fingerprint density at radius 3 is 2.72 bits per heavy atom. The smallest absolute Gasteiger partial charge is 0.148 e. The lowest BCUT2D eigenvalue weighted by Crippen LogP contribution is -2.28. The fourth-order valence-electron chi connectivity index (χ4n) is 1.51. The van der Waals surface area contributed by atoms with Crippen LogP contribution in [0.1, 0.15) is 5.56 Å². The van der Waals surface area contributed by atoms with Gasteiger partial charge in [0.05, 0.1) is 6.61 Å². The van der Waals surface area contributed by atoms with E-state index in [0.717, 1.165) is 30.9 Å². The van der Waals surface area contributed by atoms with E-state index in [1.165, 1.54) is 0 Å². The number of aliphatic hydroxyl groups is 1. The highest BCUT2D eigenvalue weighted by atomic mass is 16.5. The Hall–Kier alpha value is -1.54. The van der Waals surface area contributed by atoms with Gasteiger partial charge in [0.25, 0.3) is 0 Å². The van der Waals surface area contributed by atoms with Gasteiger partial charge >= 0.3 is 0 Å². The van der Waals surface area contributed by atoms with Gasteiger partial charge in [0.2, 0.25) is 0 Å². The summed E-state index contributed by atoms with van der Waals surface area (Å²) in [6.45, 7) is 3.49. The first-order valence-electron chi connectivity index (χ1n) is 6.05. The third-order valence-corrected chi connectivity index (χ3v) is 2.37. The summed E-state index contributed by atoms with van der Waals surface area (Å²) >= 11 is 0. The maximum absolute atomic E-state index is 8.60. The minimum Gasteiger partial charge on any atom is -0.481 e. The largest absolute Gasteiger partial charge is 0.481 e. The quantitative estimate of drug-likeness (QED) is 0.436. The highest BCUT2D eigenvalue weighted by molar-refractivity contribution is 5.33. The van der Waals surface area contributed by atoms with E-state index >= 15 is 0 Å². The van der Waals surface area contributed by atoms with Crippen LogP contribution in [0.15, 0.2) is 24.3 Å². The standard InChI is InChI=1S/C14H20N2O2/c1-2-11-18-14-6-4-3-5-13(14)12-16-8-7-15-9-10-17/h1,3-6,15-17H,7-12H2. The predicted octanol–water partition coefficient (Wildman–Crippen LogP) is 0.370. The van der Waals surface area contributed by atoms with Crippen LogP contribution in [0.4, 0.5) is 0 Å². The van der Waals surface area contributed by atoms with E-state index in [0.29, 0.717) is 6.54 Å². The molecule has 4 heteroatoms. The van der Waals surface area contributed by atoms with Gasteiger partial charge in [0, 0.05) is 31.7 Å². The van der Waals surface area contributed by atoms with Gasteiger partial charge in [-0.05, 0) is 6.07 Å². The Balaban J connectivity index is 2.30. The van der Waals surface area contributed by atoms with Crippen LogP contribution >= 0.6 is 0 Å². The maximum atomic E-state index is 8.60. The average Bonchev–Trinajstić information content (AvgIpc) is 2.41. The van der Waals surface area contributed by atoms with E-state index in [-0.39, 0.29) is 13.2 Å². The Kier molecular flexibility index (Phi) is 7.65. The van der Waals surface area contributed by atoms with Crippen LogP contribution in [-0.2, 0) is 6.54 Å². The van der Waals surface area contributed by atoms with Crippen molar-refractivity contribution in [2.24, 2.45) is 0 Å². The van der Waals surface area contributed by atoms with E-state index in [1.807, 2.05) is 24.3 Å². The van der Waals surface area contributed by atoms with Crippen LogP contribution in [0.25, 0.3) is 0 Å². The molecule has 0 aliphatic carbocycles. The van der Waals surface area contributed by atoms with Gasteiger partial charge in [-0.15, -0.1) is 6.42 Å². The molecule has 1 aromatic carbocycles. The molecule has 0 unspecified atom stereocenters. The molecular formula is C14H20N2O2. The van der Waals surface area contributed by atoms with E-state index < -0.39 is 0 Å². The molecule has 0 amide bonds. The maximum Gasteiger partial charge on any atom is 0.148 e. The summed E-state index contributed by atoms with van der Waals surface area (Å²) in [5, 5.41) is 15.0. The lowest BCUT2D eigenvalue weighted by atomic mass is 10.2. The third-order valence-electron chi connectivity index (χ3n) is 2.37. The van der Waals surface area contributed by atoms with Gasteiger partial charge < -0.3 is 20.5 Å². The fourth-order valence-corrected chi connectivity index (χ4v) is 1.51. The average molecular weight is 248 g/mol. The number of terminal acetylenes is 1. The Bertz CT molecular complexity index is 374. The number of hydrogen-bond acceptors (Lipinski definition) is 4. The molecule has 1 rings (SSSR count). The van der Waals surface area contributed by atoms with Crippen LogP contribution < -0.4 is 15.4 Å². The molecule has 0 spiro atoms. The predicted molar refractivity (Wildman–Crippen MR) is 72.4 cm³/mol. The molecule has 4 nitrogen and oxygen atoms in total. The molecule has 0 saturated carbocycles. The van der Waals surface area contributed by atoms with Crippen LogP contribution in [0, 0.1) is 12.3 Å². The summed E-state index contributed by atoms with van der Waals surface area (Å²) in [4.78, 5) is 0. The van der Waals surface area contributed by atoms with Gasteiger partial charge in [-0.2, -0.15) is 0 Å². The van der Waals surface area contributed by atoms with Crippen LogP contribution in [-0.4, -0.2) is 38.0 Å². The highest BCUT2D eigenvalue weighted by Gasteiger charge is 2.01. The fraction of sp³-hybridized carbons (Fsp3) is 0.429. The van der Waals surface area contributed by atoms with E-state index in [1.54, 1.807) is 0 Å². The Labute approximate surface area is 108 Å². The van der Waals surface area contributed by atoms with Crippen LogP contribution in [0.2, 0.25) is 0 Å². The van der Waals surface area contributed by atoms with E-state index in [4.69, 9.17) is 16.3 Å². The molecule has 0 radical (unpaired) electrons. The zero-order chi connectivity index (χ0) is 13.1. The summed E-state index contributed by atoms with van der Waals surface area (Å²) in [6, 6.07) is 7.83. The molecule has 0 bridgehead atoms. The van der Waals surface area contributed by atoms with Gasteiger partial charge in [-0.25, -0.2) is 0 Å². The number of ether oxygens (including phenoxy) is 1. The van der Waals surface area contributed by atoms with Crippen molar-refractivity contribution in [3.63, 3.8) is 0 Å². The van der Waals surface area contributed by atoms with Crippen LogP contribution in [0.5, 0.6) is 5.75 Å².